The number of hydrogen-bond acceptors (Lipinski definition) is 5. The van der Waals surface area contributed by atoms with Crippen molar-refractivity contribution in [3.05, 3.63) is 112 Å². The molecule has 38 heavy (non-hydrogen) atoms. The number of fused-ring (bicyclic) bond motifs is 1. The largest absolute Gasteiger partial charge is 0.488 e. The molecule has 5 rings (SSSR count). The Morgan fingerprint density at radius 2 is 1.76 bits per heavy atom. The van der Waals surface area contributed by atoms with Gasteiger partial charge in [-0.15, -0.1) is 0 Å². The summed E-state index contributed by atoms with van der Waals surface area (Å²) in [4.78, 5) is 39.1. The monoisotopic (exact) mass is 542 g/mol. The molecule has 7 nitrogen and oxygen atoms in total. The number of carbonyl (C=O) groups excluding carboxylic acids is 2. The molecule has 1 aliphatic rings. The maximum atomic E-state index is 13.6. The van der Waals surface area contributed by atoms with Gasteiger partial charge in [0.1, 0.15) is 17.9 Å². The van der Waals surface area contributed by atoms with Crippen LogP contribution in [0.15, 0.2) is 90.5 Å². The summed E-state index contributed by atoms with van der Waals surface area (Å²) < 4.78 is 6.12. The lowest BCUT2D eigenvalue weighted by atomic mass is 9.99. The van der Waals surface area contributed by atoms with Crippen molar-refractivity contribution in [2.45, 2.75) is 6.61 Å². The summed E-state index contributed by atoms with van der Waals surface area (Å²) in [5.74, 6) is -2.07. The van der Waals surface area contributed by atoms with Crippen molar-refractivity contribution < 1.29 is 24.2 Å². The second kappa shape index (κ2) is 10.5. The minimum absolute atomic E-state index is 0.0233. The number of nitrogens with zero attached hydrogens (tertiary/aromatic N) is 1. The molecular formula is C29H19ClN2O5S. The maximum Gasteiger partial charge on any atom is 0.335 e. The zero-order chi connectivity index (χ0) is 26.8. The standard InChI is InChI=1S/C29H19ClN2O5S/c30-24-11-4-2-7-19(24)16-37-25-13-12-17-6-1-3-10-21(17)22(25)15-23-26(33)31-29(38)32(27(23)34)20-9-5-8-18(14-20)28(35)36/h1-15H,16H2,(H,35,36)(H,31,33,38). The highest BCUT2D eigenvalue weighted by Crippen LogP contribution is 2.33. The van der Waals surface area contributed by atoms with Crippen molar-refractivity contribution in [3.63, 3.8) is 0 Å². The van der Waals surface area contributed by atoms with Crippen LogP contribution in [0.1, 0.15) is 21.5 Å². The Bertz CT molecular complexity index is 1670. The number of halogens is 1. The van der Waals surface area contributed by atoms with Gasteiger partial charge in [0.05, 0.1) is 11.3 Å². The summed E-state index contributed by atoms with van der Waals surface area (Å²) in [7, 11) is 0. The lowest BCUT2D eigenvalue weighted by Crippen LogP contribution is -2.54. The molecule has 0 atom stereocenters. The lowest BCUT2D eigenvalue weighted by Gasteiger charge is -2.29. The van der Waals surface area contributed by atoms with Gasteiger partial charge >= 0.3 is 5.97 Å². The molecule has 1 aliphatic heterocycles. The van der Waals surface area contributed by atoms with Crippen LogP contribution in [0.4, 0.5) is 5.69 Å². The predicted molar refractivity (Wildman–Crippen MR) is 149 cm³/mol. The van der Waals surface area contributed by atoms with Gasteiger partial charge in [-0.25, -0.2) is 4.79 Å². The average Bonchev–Trinajstić information content (AvgIpc) is 2.91. The highest BCUT2D eigenvalue weighted by molar-refractivity contribution is 7.80. The van der Waals surface area contributed by atoms with E-state index in [1.54, 1.807) is 18.2 Å². The van der Waals surface area contributed by atoms with E-state index in [9.17, 15) is 19.5 Å². The number of carboxylic acids is 1. The molecule has 2 N–H and O–H groups in total. The van der Waals surface area contributed by atoms with Crippen molar-refractivity contribution in [2.24, 2.45) is 0 Å². The Hall–Kier alpha value is -4.53. The normalized spacial score (nSPS) is 14.6. The molecule has 0 aliphatic carbocycles. The van der Waals surface area contributed by atoms with Crippen molar-refractivity contribution in [3.8, 4) is 5.75 Å². The minimum Gasteiger partial charge on any atom is -0.488 e. The first-order valence-electron chi connectivity index (χ1n) is 11.5. The van der Waals surface area contributed by atoms with Crippen LogP contribution in [0.5, 0.6) is 5.75 Å². The Morgan fingerprint density at radius 1 is 1.00 bits per heavy atom. The summed E-state index contributed by atoms with van der Waals surface area (Å²) in [5.41, 5.74) is 1.32. The molecule has 0 aromatic heterocycles. The second-order valence-electron chi connectivity index (χ2n) is 8.39. The predicted octanol–water partition coefficient (Wildman–Crippen LogP) is 5.60. The number of anilines is 1. The molecule has 4 aromatic carbocycles. The van der Waals surface area contributed by atoms with Crippen molar-refractivity contribution in [2.75, 3.05) is 4.90 Å². The van der Waals surface area contributed by atoms with Gasteiger partial charge in [-0.1, -0.05) is 66.2 Å². The van der Waals surface area contributed by atoms with Crippen LogP contribution in [0.2, 0.25) is 5.02 Å². The van der Waals surface area contributed by atoms with Crippen molar-refractivity contribution in [1.29, 1.82) is 0 Å². The molecule has 0 radical (unpaired) electrons. The molecule has 0 bridgehead atoms. The zero-order valence-corrected chi connectivity index (χ0v) is 21.3. The number of rotatable bonds is 6. The third-order valence-corrected chi connectivity index (χ3v) is 6.67. The van der Waals surface area contributed by atoms with Crippen molar-refractivity contribution in [1.82, 2.24) is 5.32 Å². The summed E-state index contributed by atoms with van der Waals surface area (Å²) in [6, 6.07) is 24.2. The molecular weight excluding hydrogens is 524 g/mol. The highest BCUT2D eigenvalue weighted by Gasteiger charge is 2.35. The fraction of sp³-hybridized carbons (Fsp3) is 0.0345. The van der Waals surface area contributed by atoms with E-state index in [2.05, 4.69) is 5.32 Å². The molecule has 1 heterocycles. The first-order valence-corrected chi connectivity index (χ1v) is 12.2. The molecule has 0 saturated carbocycles. The second-order valence-corrected chi connectivity index (χ2v) is 9.19. The molecule has 2 amide bonds. The van der Waals surface area contributed by atoms with Gasteiger partial charge in [-0.2, -0.15) is 0 Å². The molecule has 9 heteroatoms. The summed E-state index contributed by atoms with van der Waals surface area (Å²) >= 11 is 11.6. The van der Waals surface area contributed by atoms with E-state index in [1.165, 1.54) is 24.3 Å². The van der Waals surface area contributed by atoms with E-state index in [0.29, 0.717) is 16.3 Å². The van der Waals surface area contributed by atoms with Crippen LogP contribution in [0.3, 0.4) is 0 Å². The van der Waals surface area contributed by atoms with Crippen LogP contribution in [-0.2, 0) is 16.2 Å². The third kappa shape index (κ3) is 4.87. The van der Waals surface area contributed by atoms with E-state index in [0.717, 1.165) is 21.2 Å². The Labute approximate surface area is 227 Å². The van der Waals surface area contributed by atoms with Crippen LogP contribution >= 0.6 is 23.8 Å². The fourth-order valence-electron chi connectivity index (χ4n) is 4.14. The fourth-order valence-corrected chi connectivity index (χ4v) is 4.61. The quantitative estimate of drug-likeness (QED) is 0.187. The van der Waals surface area contributed by atoms with Gasteiger partial charge < -0.3 is 9.84 Å². The van der Waals surface area contributed by atoms with Crippen LogP contribution < -0.4 is 15.0 Å². The van der Waals surface area contributed by atoms with E-state index in [4.69, 9.17) is 28.6 Å². The van der Waals surface area contributed by atoms with Gasteiger partial charge in [-0.05, 0) is 59.4 Å². The molecule has 1 saturated heterocycles. The highest BCUT2D eigenvalue weighted by atomic mass is 35.5. The van der Waals surface area contributed by atoms with E-state index >= 15 is 0 Å². The Morgan fingerprint density at radius 3 is 2.55 bits per heavy atom. The molecule has 0 unspecified atom stereocenters. The number of aromatic carboxylic acids is 1. The zero-order valence-electron chi connectivity index (χ0n) is 19.7. The SMILES string of the molecule is O=C1NC(=S)N(c2cccc(C(=O)O)c2)C(=O)C1=Cc1c(OCc2ccccc2Cl)ccc2ccccc12. The first-order chi connectivity index (χ1) is 18.3. The molecule has 188 valence electrons. The number of hydrogen-bond donors (Lipinski definition) is 2. The van der Waals surface area contributed by atoms with E-state index in [1.807, 2.05) is 48.5 Å². The van der Waals surface area contributed by atoms with Gasteiger partial charge in [0, 0.05) is 16.1 Å². The van der Waals surface area contributed by atoms with Gasteiger partial charge in [0.2, 0.25) is 0 Å². The number of carbonyl (C=O) groups is 3. The number of nitrogens with one attached hydrogen (secondary N) is 1. The molecule has 4 aromatic rings. The molecule has 0 spiro atoms. The Kier molecular flexibility index (Phi) is 6.91. The number of amides is 2. The topological polar surface area (TPSA) is 95.9 Å². The van der Waals surface area contributed by atoms with Crippen LogP contribution in [0.25, 0.3) is 16.8 Å². The van der Waals surface area contributed by atoms with Crippen LogP contribution in [0, 0.1) is 0 Å². The average molecular weight is 543 g/mol. The van der Waals surface area contributed by atoms with Gasteiger partial charge in [0.15, 0.2) is 5.11 Å². The number of carboxylic acid groups (broad SMARTS) is 1. The van der Waals surface area contributed by atoms with E-state index < -0.39 is 17.8 Å². The Balaban J connectivity index is 1.59. The van der Waals surface area contributed by atoms with E-state index in [-0.39, 0.29) is 28.5 Å². The maximum absolute atomic E-state index is 13.6. The van der Waals surface area contributed by atoms with Gasteiger partial charge in [-0.3, -0.25) is 19.8 Å². The smallest absolute Gasteiger partial charge is 0.335 e. The van der Waals surface area contributed by atoms with Gasteiger partial charge in [0.25, 0.3) is 11.8 Å². The molecule has 1 fully saturated rings. The summed E-state index contributed by atoms with van der Waals surface area (Å²) in [6.07, 6.45) is 1.47. The first kappa shape index (κ1) is 25.1. The minimum atomic E-state index is -1.15. The number of benzene rings is 4. The summed E-state index contributed by atoms with van der Waals surface area (Å²) in [5, 5.41) is 14.0. The van der Waals surface area contributed by atoms with Crippen LogP contribution in [-0.4, -0.2) is 28.0 Å². The lowest BCUT2D eigenvalue weighted by molar-refractivity contribution is -0.122. The van der Waals surface area contributed by atoms with Crippen molar-refractivity contribution >= 4 is 69.3 Å². The number of thiocarbonyl (C=S) groups is 1. The summed E-state index contributed by atoms with van der Waals surface area (Å²) in [6.45, 7) is 0.173. The number of ether oxygens (including phenoxy) is 1. The third-order valence-electron chi connectivity index (χ3n) is 6.01.